The highest BCUT2D eigenvalue weighted by molar-refractivity contribution is 14.0. The van der Waals surface area contributed by atoms with E-state index < -0.39 is 0 Å². The fraction of sp³-hybridized carbons (Fsp3) is 0.632. The number of aliphatic imine (C=N–C) groups is 1. The van der Waals surface area contributed by atoms with Gasteiger partial charge in [0.1, 0.15) is 5.82 Å². The zero-order valence-electron chi connectivity index (χ0n) is 15.9. The molecule has 0 aromatic heterocycles. The number of hydrogen-bond acceptors (Lipinski definition) is 4. The lowest BCUT2D eigenvalue weighted by atomic mass is 9.95. The first-order chi connectivity index (χ1) is 12.7. The molecule has 2 fully saturated rings. The van der Waals surface area contributed by atoms with Gasteiger partial charge in [-0.15, -0.1) is 24.0 Å². The normalized spacial score (nSPS) is 23.7. The van der Waals surface area contributed by atoms with Gasteiger partial charge in [0.05, 0.1) is 19.8 Å². The summed E-state index contributed by atoms with van der Waals surface area (Å²) in [7, 11) is 0. The standard InChI is InChI=1S/C19H29FN4OS.HI/c1-2-21-18(22-13-16-4-3-5-17(20)12-16)23-14-19(6-11-26-15-19)24-7-9-25-10-8-24;/h3-5,12H,2,6-11,13-15H2,1H3,(H2,21,22,23);1H. The van der Waals surface area contributed by atoms with Gasteiger partial charge in [-0.1, -0.05) is 12.1 Å². The van der Waals surface area contributed by atoms with Gasteiger partial charge in [0.2, 0.25) is 0 Å². The molecule has 0 aliphatic carbocycles. The first kappa shape index (κ1) is 22.7. The largest absolute Gasteiger partial charge is 0.379 e. The fourth-order valence-corrected chi connectivity index (χ4v) is 5.01. The van der Waals surface area contributed by atoms with Gasteiger partial charge in [-0.05, 0) is 36.8 Å². The first-order valence-electron chi connectivity index (χ1n) is 9.39. The summed E-state index contributed by atoms with van der Waals surface area (Å²) in [6.45, 7) is 7.83. The van der Waals surface area contributed by atoms with E-state index in [1.165, 1.54) is 24.3 Å². The quantitative estimate of drug-likeness (QED) is 0.352. The van der Waals surface area contributed by atoms with E-state index in [0.29, 0.717) is 6.54 Å². The zero-order chi connectivity index (χ0) is 18.2. The lowest BCUT2D eigenvalue weighted by Gasteiger charge is -2.43. The molecule has 1 aromatic carbocycles. The maximum Gasteiger partial charge on any atom is 0.191 e. The van der Waals surface area contributed by atoms with Crippen molar-refractivity contribution in [2.75, 3.05) is 50.9 Å². The highest BCUT2D eigenvalue weighted by atomic mass is 127. The van der Waals surface area contributed by atoms with Crippen LogP contribution in [0.1, 0.15) is 18.9 Å². The molecule has 0 radical (unpaired) electrons. The SMILES string of the molecule is CCNC(=NCc1cccc(F)c1)NCC1(N2CCOCC2)CCSC1.I. The van der Waals surface area contributed by atoms with Crippen molar-refractivity contribution in [1.29, 1.82) is 0 Å². The van der Waals surface area contributed by atoms with Crippen LogP contribution in [0.2, 0.25) is 0 Å². The summed E-state index contributed by atoms with van der Waals surface area (Å²) in [5.74, 6) is 2.92. The monoisotopic (exact) mass is 508 g/mol. The van der Waals surface area contributed by atoms with Crippen LogP contribution in [0.5, 0.6) is 0 Å². The van der Waals surface area contributed by atoms with Gasteiger partial charge in [0.25, 0.3) is 0 Å². The number of hydrogen-bond donors (Lipinski definition) is 2. The third-order valence-corrected chi connectivity index (χ3v) is 6.24. The molecular weight excluding hydrogens is 478 g/mol. The van der Waals surface area contributed by atoms with E-state index >= 15 is 0 Å². The second-order valence-corrected chi connectivity index (χ2v) is 7.91. The van der Waals surface area contributed by atoms with E-state index in [0.717, 1.165) is 56.7 Å². The van der Waals surface area contributed by atoms with Crippen molar-refractivity contribution in [3.05, 3.63) is 35.6 Å². The Labute approximate surface area is 182 Å². The van der Waals surface area contributed by atoms with E-state index in [9.17, 15) is 4.39 Å². The minimum Gasteiger partial charge on any atom is -0.379 e. The summed E-state index contributed by atoms with van der Waals surface area (Å²) in [4.78, 5) is 7.22. The summed E-state index contributed by atoms with van der Waals surface area (Å²) < 4.78 is 18.9. The Hall–Kier alpha value is -0.580. The van der Waals surface area contributed by atoms with Gasteiger partial charge >= 0.3 is 0 Å². The number of rotatable bonds is 6. The number of guanidine groups is 1. The van der Waals surface area contributed by atoms with Crippen LogP contribution >= 0.6 is 35.7 Å². The molecule has 2 saturated heterocycles. The molecule has 1 atom stereocenters. The van der Waals surface area contributed by atoms with Gasteiger partial charge < -0.3 is 15.4 Å². The fourth-order valence-electron chi connectivity index (χ4n) is 3.53. The van der Waals surface area contributed by atoms with Crippen molar-refractivity contribution in [2.45, 2.75) is 25.4 Å². The molecular formula is C19H30FIN4OS. The van der Waals surface area contributed by atoms with Gasteiger partial charge in [-0.2, -0.15) is 11.8 Å². The molecule has 27 heavy (non-hydrogen) atoms. The zero-order valence-corrected chi connectivity index (χ0v) is 19.0. The predicted molar refractivity (Wildman–Crippen MR) is 122 cm³/mol. The molecule has 2 heterocycles. The Kier molecular flexibility index (Phi) is 9.61. The summed E-state index contributed by atoms with van der Waals surface area (Å²) in [6.07, 6.45) is 1.19. The minimum absolute atomic E-state index is 0. The number of nitrogens with zero attached hydrogens (tertiary/aromatic N) is 2. The Morgan fingerprint density at radius 2 is 2.15 bits per heavy atom. The molecule has 5 nitrogen and oxygen atoms in total. The van der Waals surface area contributed by atoms with Crippen molar-refractivity contribution in [3.63, 3.8) is 0 Å². The summed E-state index contributed by atoms with van der Waals surface area (Å²) in [6, 6.07) is 6.62. The lowest BCUT2D eigenvalue weighted by molar-refractivity contribution is -0.0120. The van der Waals surface area contributed by atoms with Crippen LogP contribution in [-0.4, -0.2) is 67.3 Å². The number of nitrogens with one attached hydrogen (secondary N) is 2. The van der Waals surface area contributed by atoms with Crippen LogP contribution in [0.25, 0.3) is 0 Å². The summed E-state index contributed by atoms with van der Waals surface area (Å²) in [5, 5.41) is 6.84. The molecule has 0 bridgehead atoms. The molecule has 0 saturated carbocycles. The van der Waals surface area contributed by atoms with E-state index in [4.69, 9.17) is 4.74 Å². The predicted octanol–water partition coefficient (Wildman–Crippen LogP) is 2.71. The molecule has 2 N–H and O–H groups in total. The van der Waals surface area contributed by atoms with Crippen molar-refractivity contribution in [3.8, 4) is 0 Å². The molecule has 0 spiro atoms. The molecule has 0 amide bonds. The van der Waals surface area contributed by atoms with Crippen LogP contribution in [0, 0.1) is 5.82 Å². The van der Waals surface area contributed by atoms with Gasteiger partial charge in [-0.3, -0.25) is 4.90 Å². The maximum atomic E-state index is 13.4. The van der Waals surface area contributed by atoms with Crippen LogP contribution < -0.4 is 10.6 Å². The molecule has 1 unspecified atom stereocenters. The van der Waals surface area contributed by atoms with Crippen LogP contribution in [0.3, 0.4) is 0 Å². The highest BCUT2D eigenvalue weighted by Crippen LogP contribution is 2.33. The molecule has 2 aliphatic heterocycles. The van der Waals surface area contributed by atoms with E-state index in [-0.39, 0.29) is 35.3 Å². The Morgan fingerprint density at radius 1 is 1.33 bits per heavy atom. The highest BCUT2D eigenvalue weighted by Gasteiger charge is 2.40. The van der Waals surface area contributed by atoms with Crippen molar-refractivity contribution in [1.82, 2.24) is 15.5 Å². The number of morpholine rings is 1. The second-order valence-electron chi connectivity index (χ2n) is 6.80. The van der Waals surface area contributed by atoms with E-state index in [2.05, 4.69) is 27.4 Å². The Bertz CT molecular complexity index is 607. The third-order valence-electron chi connectivity index (χ3n) is 5.00. The minimum atomic E-state index is -0.218. The molecule has 3 rings (SSSR count). The van der Waals surface area contributed by atoms with Gasteiger partial charge in [0, 0.05) is 37.5 Å². The number of ether oxygens (including phenoxy) is 1. The van der Waals surface area contributed by atoms with Crippen LogP contribution in [-0.2, 0) is 11.3 Å². The Morgan fingerprint density at radius 3 is 2.81 bits per heavy atom. The van der Waals surface area contributed by atoms with Crippen LogP contribution in [0.4, 0.5) is 4.39 Å². The third kappa shape index (κ3) is 6.47. The van der Waals surface area contributed by atoms with Crippen molar-refractivity contribution >= 4 is 41.7 Å². The molecule has 2 aliphatic rings. The number of thioether (sulfide) groups is 1. The first-order valence-corrected chi connectivity index (χ1v) is 10.5. The molecule has 152 valence electrons. The maximum absolute atomic E-state index is 13.4. The molecule has 8 heteroatoms. The lowest BCUT2D eigenvalue weighted by Crippen LogP contribution is -2.60. The number of halogens is 2. The van der Waals surface area contributed by atoms with Gasteiger partial charge in [0.15, 0.2) is 5.96 Å². The average Bonchev–Trinajstić information content (AvgIpc) is 3.15. The van der Waals surface area contributed by atoms with Crippen LogP contribution in [0.15, 0.2) is 29.3 Å². The van der Waals surface area contributed by atoms with E-state index in [1.807, 2.05) is 17.8 Å². The second kappa shape index (κ2) is 11.4. The van der Waals surface area contributed by atoms with Crippen molar-refractivity contribution < 1.29 is 9.13 Å². The van der Waals surface area contributed by atoms with Crippen molar-refractivity contribution in [2.24, 2.45) is 4.99 Å². The smallest absolute Gasteiger partial charge is 0.191 e. The summed E-state index contributed by atoms with van der Waals surface area (Å²) in [5.41, 5.74) is 1.05. The summed E-state index contributed by atoms with van der Waals surface area (Å²) >= 11 is 2.03. The van der Waals surface area contributed by atoms with Gasteiger partial charge in [-0.25, -0.2) is 9.38 Å². The number of benzene rings is 1. The Balaban J connectivity index is 0.00000261. The topological polar surface area (TPSA) is 48.9 Å². The average molecular weight is 508 g/mol. The van der Waals surface area contributed by atoms with E-state index in [1.54, 1.807) is 6.07 Å². The molecule has 1 aromatic rings.